The van der Waals surface area contributed by atoms with Crippen LogP contribution in [0.1, 0.15) is 19.4 Å². The van der Waals surface area contributed by atoms with E-state index in [9.17, 15) is 4.79 Å². The van der Waals surface area contributed by atoms with Crippen molar-refractivity contribution in [3.8, 4) is 23.0 Å². The lowest BCUT2D eigenvalue weighted by molar-refractivity contribution is -0.115. The Morgan fingerprint density at radius 2 is 1.90 bits per heavy atom. The number of thioether (sulfide) groups is 1. The Bertz CT molecular complexity index is 972. The second-order valence-electron chi connectivity index (χ2n) is 6.24. The van der Waals surface area contributed by atoms with E-state index in [1.165, 1.54) is 17.3 Å². The summed E-state index contributed by atoms with van der Waals surface area (Å²) in [5.41, 5.74) is 2.63. The van der Waals surface area contributed by atoms with Crippen LogP contribution in [0.15, 0.2) is 52.1 Å². The van der Waals surface area contributed by atoms with Crippen LogP contribution >= 0.6 is 11.8 Å². The number of methoxy groups -OCH3 is 2. The van der Waals surface area contributed by atoms with Crippen LogP contribution < -0.4 is 14.8 Å². The molecule has 1 amide bonds. The van der Waals surface area contributed by atoms with Gasteiger partial charge in [-0.3, -0.25) is 4.79 Å². The molecule has 1 heterocycles. The van der Waals surface area contributed by atoms with Crippen molar-refractivity contribution in [1.29, 1.82) is 0 Å². The van der Waals surface area contributed by atoms with Gasteiger partial charge in [0.25, 0.3) is 11.1 Å². The maximum absolute atomic E-state index is 12.5. The Kier molecular flexibility index (Phi) is 6.77. The van der Waals surface area contributed by atoms with E-state index in [-0.39, 0.29) is 5.91 Å². The maximum Gasteiger partial charge on any atom is 0.277 e. The minimum absolute atomic E-state index is 0.138. The summed E-state index contributed by atoms with van der Waals surface area (Å²) in [5.74, 6) is 1.40. The SMILES string of the molecule is CCc1ccc(NC(=O)[C@H](C)Sc2nnc(-c3ccc(OC)cc3OC)o2)cc1. The van der Waals surface area contributed by atoms with Crippen LogP contribution in [-0.2, 0) is 11.2 Å². The van der Waals surface area contributed by atoms with E-state index in [0.29, 0.717) is 28.2 Å². The number of aryl methyl sites for hydroxylation is 1. The Labute approximate surface area is 173 Å². The molecule has 0 aliphatic heterocycles. The number of nitrogens with zero attached hydrogens (tertiary/aromatic N) is 2. The first kappa shape index (κ1) is 20.7. The number of anilines is 1. The molecule has 0 unspecified atom stereocenters. The molecular formula is C21H23N3O4S. The number of benzene rings is 2. The van der Waals surface area contributed by atoms with Gasteiger partial charge in [-0.2, -0.15) is 0 Å². The molecule has 1 aromatic heterocycles. The van der Waals surface area contributed by atoms with Crippen LogP contribution in [0, 0.1) is 0 Å². The monoisotopic (exact) mass is 413 g/mol. The molecule has 0 fully saturated rings. The fourth-order valence-corrected chi connectivity index (χ4v) is 3.30. The van der Waals surface area contributed by atoms with Crippen LogP contribution in [-0.4, -0.2) is 35.6 Å². The molecule has 0 radical (unpaired) electrons. The zero-order valence-corrected chi connectivity index (χ0v) is 17.6. The molecular weight excluding hydrogens is 390 g/mol. The number of hydrogen-bond donors (Lipinski definition) is 1. The van der Waals surface area contributed by atoms with E-state index in [1.807, 2.05) is 24.3 Å². The summed E-state index contributed by atoms with van der Waals surface area (Å²) in [4.78, 5) is 12.5. The summed E-state index contributed by atoms with van der Waals surface area (Å²) in [6.45, 7) is 3.88. The summed E-state index contributed by atoms with van der Waals surface area (Å²) < 4.78 is 16.3. The molecule has 29 heavy (non-hydrogen) atoms. The molecule has 0 spiro atoms. The van der Waals surface area contributed by atoms with E-state index < -0.39 is 5.25 Å². The molecule has 0 aliphatic carbocycles. The van der Waals surface area contributed by atoms with E-state index in [1.54, 1.807) is 39.3 Å². The fraction of sp³-hybridized carbons (Fsp3) is 0.286. The van der Waals surface area contributed by atoms with Gasteiger partial charge in [0.15, 0.2) is 0 Å². The zero-order valence-electron chi connectivity index (χ0n) is 16.8. The van der Waals surface area contributed by atoms with Crippen molar-refractivity contribution in [3.63, 3.8) is 0 Å². The van der Waals surface area contributed by atoms with Crippen molar-refractivity contribution in [2.45, 2.75) is 30.7 Å². The summed E-state index contributed by atoms with van der Waals surface area (Å²) in [6.07, 6.45) is 0.957. The summed E-state index contributed by atoms with van der Waals surface area (Å²) in [6, 6.07) is 13.1. The highest BCUT2D eigenvalue weighted by atomic mass is 32.2. The molecule has 3 aromatic rings. The van der Waals surface area contributed by atoms with Gasteiger partial charge >= 0.3 is 0 Å². The molecule has 2 aromatic carbocycles. The minimum atomic E-state index is -0.410. The van der Waals surface area contributed by atoms with Crippen molar-refractivity contribution in [1.82, 2.24) is 10.2 Å². The molecule has 1 N–H and O–H groups in total. The first-order chi connectivity index (χ1) is 14.0. The molecule has 0 saturated carbocycles. The highest BCUT2D eigenvalue weighted by Gasteiger charge is 2.20. The van der Waals surface area contributed by atoms with Gasteiger partial charge in [-0.15, -0.1) is 10.2 Å². The maximum atomic E-state index is 12.5. The van der Waals surface area contributed by atoms with Gasteiger partial charge in [-0.05, 0) is 43.2 Å². The second kappa shape index (κ2) is 9.47. The van der Waals surface area contributed by atoms with Crippen LogP contribution in [0.4, 0.5) is 5.69 Å². The summed E-state index contributed by atoms with van der Waals surface area (Å²) >= 11 is 1.20. The van der Waals surface area contributed by atoms with Crippen molar-refractivity contribution >= 4 is 23.4 Å². The molecule has 0 saturated heterocycles. The van der Waals surface area contributed by atoms with Crippen LogP contribution in [0.25, 0.3) is 11.5 Å². The standard InChI is InChI=1S/C21H23N3O4S/c1-5-14-6-8-15(9-7-14)22-19(25)13(2)29-21-24-23-20(28-21)17-11-10-16(26-3)12-18(17)27-4/h6-13H,5H2,1-4H3,(H,22,25)/t13-/m0/s1. The third-order valence-electron chi connectivity index (χ3n) is 4.32. The van der Waals surface area contributed by atoms with E-state index >= 15 is 0 Å². The van der Waals surface area contributed by atoms with Crippen molar-refractivity contribution in [2.24, 2.45) is 0 Å². The normalized spacial score (nSPS) is 11.7. The Hall–Kier alpha value is -3.00. The summed E-state index contributed by atoms with van der Waals surface area (Å²) in [5, 5.41) is 10.9. The lowest BCUT2D eigenvalue weighted by Gasteiger charge is -2.10. The van der Waals surface area contributed by atoms with Gasteiger partial charge in [0.1, 0.15) is 11.5 Å². The third-order valence-corrected chi connectivity index (χ3v) is 5.26. The number of aromatic nitrogens is 2. The largest absolute Gasteiger partial charge is 0.497 e. The van der Waals surface area contributed by atoms with Crippen LogP contribution in [0.5, 0.6) is 11.5 Å². The Morgan fingerprint density at radius 3 is 2.55 bits per heavy atom. The molecule has 7 nitrogen and oxygen atoms in total. The number of amides is 1. The topological polar surface area (TPSA) is 86.5 Å². The van der Waals surface area contributed by atoms with E-state index in [2.05, 4.69) is 22.4 Å². The predicted octanol–water partition coefficient (Wildman–Crippen LogP) is 4.44. The lowest BCUT2D eigenvalue weighted by atomic mass is 10.1. The van der Waals surface area contributed by atoms with Crippen LogP contribution in [0.3, 0.4) is 0 Å². The summed E-state index contributed by atoms with van der Waals surface area (Å²) in [7, 11) is 3.14. The van der Waals surface area contributed by atoms with Crippen molar-refractivity contribution in [3.05, 3.63) is 48.0 Å². The zero-order chi connectivity index (χ0) is 20.8. The molecule has 0 aliphatic rings. The number of hydrogen-bond acceptors (Lipinski definition) is 7. The first-order valence-corrected chi connectivity index (χ1v) is 10.0. The average molecular weight is 413 g/mol. The predicted molar refractivity (Wildman–Crippen MR) is 113 cm³/mol. The van der Waals surface area contributed by atoms with Gasteiger partial charge in [0.05, 0.1) is 25.0 Å². The molecule has 0 bridgehead atoms. The Morgan fingerprint density at radius 1 is 1.14 bits per heavy atom. The third kappa shape index (κ3) is 5.08. The van der Waals surface area contributed by atoms with Gasteiger partial charge in [-0.25, -0.2) is 0 Å². The smallest absolute Gasteiger partial charge is 0.277 e. The van der Waals surface area contributed by atoms with Gasteiger partial charge < -0.3 is 19.2 Å². The number of ether oxygens (including phenoxy) is 2. The lowest BCUT2D eigenvalue weighted by Crippen LogP contribution is -2.22. The quantitative estimate of drug-likeness (QED) is 0.547. The first-order valence-electron chi connectivity index (χ1n) is 9.16. The highest BCUT2D eigenvalue weighted by molar-refractivity contribution is 8.00. The highest BCUT2D eigenvalue weighted by Crippen LogP contribution is 2.34. The van der Waals surface area contributed by atoms with Gasteiger partial charge in [-0.1, -0.05) is 30.8 Å². The average Bonchev–Trinajstić information content (AvgIpc) is 3.21. The number of carbonyl (C=O) groups excluding carboxylic acids is 1. The van der Waals surface area contributed by atoms with Crippen LogP contribution in [0.2, 0.25) is 0 Å². The van der Waals surface area contributed by atoms with E-state index in [4.69, 9.17) is 13.9 Å². The fourth-order valence-electron chi connectivity index (χ4n) is 2.61. The molecule has 1 atom stereocenters. The minimum Gasteiger partial charge on any atom is -0.497 e. The number of nitrogens with one attached hydrogen (secondary N) is 1. The second-order valence-corrected chi connectivity index (χ2v) is 7.53. The Balaban J connectivity index is 1.66. The number of rotatable bonds is 8. The van der Waals surface area contributed by atoms with Crippen molar-refractivity contribution in [2.75, 3.05) is 19.5 Å². The van der Waals surface area contributed by atoms with E-state index in [0.717, 1.165) is 12.1 Å². The molecule has 152 valence electrons. The molecule has 8 heteroatoms. The molecule has 3 rings (SSSR count). The van der Waals surface area contributed by atoms with Crippen molar-refractivity contribution < 1.29 is 18.7 Å². The number of carbonyl (C=O) groups is 1. The van der Waals surface area contributed by atoms with Gasteiger partial charge in [0, 0.05) is 11.8 Å². The van der Waals surface area contributed by atoms with Gasteiger partial charge in [0.2, 0.25) is 5.91 Å².